The summed E-state index contributed by atoms with van der Waals surface area (Å²) in [5.41, 5.74) is 1.47. The molecule has 3 saturated carbocycles. The van der Waals surface area contributed by atoms with Gasteiger partial charge in [0.15, 0.2) is 11.5 Å². The van der Waals surface area contributed by atoms with Crippen LogP contribution in [0.5, 0.6) is 0 Å². The van der Waals surface area contributed by atoms with E-state index in [0.717, 1.165) is 42.6 Å². The van der Waals surface area contributed by atoms with Crippen LogP contribution in [0.1, 0.15) is 85.5 Å². The molecule has 232 valence electrons. The largest absolute Gasteiger partial charge is 0.439 e. The lowest BCUT2D eigenvalue weighted by molar-refractivity contribution is -0.135. The Morgan fingerprint density at radius 2 is 1.77 bits per heavy atom. The lowest BCUT2D eigenvalue weighted by atomic mass is 9.80. The van der Waals surface area contributed by atoms with Crippen LogP contribution >= 0.6 is 0 Å². The van der Waals surface area contributed by atoms with Crippen LogP contribution in [0.4, 0.5) is 11.8 Å². The number of piperazine rings is 1. The maximum Gasteiger partial charge on any atom is 0.439 e. The first-order chi connectivity index (χ1) is 20.7. The molecule has 2 N–H and O–H groups in total. The van der Waals surface area contributed by atoms with E-state index in [9.17, 15) is 9.59 Å². The van der Waals surface area contributed by atoms with Gasteiger partial charge in [-0.05, 0) is 77.0 Å². The highest BCUT2D eigenvalue weighted by Crippen LogP contribution is 2.38. The molecule has 7 rings (SSSR count). The fraction of sp³-hybridized carbons (Fsp3) is 0.742. The number of anilines is 2. The molecule has 0 bridgehead atoms. The highest BCUT2D eigenvalue weighted by Gasteiger charge is 2.41. The van der Waals surface area contributed by atoms with Gasteiger partial charge in [-0.3, -0.25) is 14.3 Å². The summed E-state index contributed by atoms with van der Waals surface area (Å²) in [6, 6.07) is 0.422. The van der Waals surface area contributed by atoms with Crippen LogP contribution < -0.4 is 16.0 Å². The van der Waals surface area contributed by atoms with E-state index < -0.39 is 5.76 Å². The number of hydrogen-bond acceptors (Lipinski definition) is 9. The second-order valence-corrected chi connectivity index (χ2v) is 13.9. The molecule has 4 aliphatic rings. The Kier molecular flexibility index (Phi) is 7.41. The number of carbonyl (C=O) groups excluding carboxylic acids is 1. The molecule has 0 unspecified atom stereocenters. The lowest BCUT2D eigenvalue weighted by Gasteiger charge is -2.45. The molecule has 3 atom stereocenters. The minimum Gasteiger partial charge on any atom is -0.365 e. The number of nitrogens with zero attached hydrogens (tertiary/aromatic N) is 7. The molecular formula is C31H45N9O3. The van der Waals surface area contributed by atoms with Gasteiger partial charge in [-0.1, -0.05) is 31.3 Å². The fourth-order valence-corrected chi connectivity index (χ4v) is 7.27. The van der Waals surface area contributed by atoms with Crippen LogP contribution in [0, 0.1) is 23.7 Å². The first-order valence-electron chi connectivity index (χ1n) is 16.4. The number of aromatic nitrogens is 6. The van der Waals surface area contributed by atoms with Gasteiger partial charge in [-0.2, -0.15) is 4.98 Å². The molecule has 0 radical (unpaired) electrons. The van der Waals surface area contributed by atoms with E-state index in [1.54, 1.807) is 0 Å². The van der Waals surface area contributed by atoms with Crippen molar-refractivity contribution in [2.45, 2.75) is 110 Å². The Hall–Kier alpha value is -3.44. The van der Waals surface area contributed by atoms with E-state index in [0.29, 0.717) is 36.5 Å². The second kappa shape index (κ2) is 11.2. The molecule has 12 heteroatoms. The Balaban J connectivity index is 1.32. The molecule has 12 nitrogen and oxygen atoms in total. The zero-order chi connectivity index (χ0) is 29.8. The van der Waals surface area contributed by atoms with Gasteiger partial charge in [0.2, 0.25) is 23.5 Å². The van der Waals surface area contributed by atoms with Gasteiger partial charge < -0.3 is 19.7 Å². The monoisotopic (exact) mass is 591 g/mol. The van der Waals surface area contributed by atoms with Crippen molar-refractivity contribution in [2.24, 2.45) is 23.7 Å². The lowest BCUT2D eigenvalue weighted by Crippen LogP contribution is -2.59. The summed E-state index contributed by atoms with van der Waals surface area (Å²) < 4.78 is 7.15. The summed E-state index contributed by atoms with van der Waals surface area (Å²) in [7, 11) is 0. The van der Waals surface area contributed by atoms with Crippen molar-refractivity contribution in [3.63, 3.8) is 0 Å². The topological polar surface area (TPSA) is 138 Å². The summed E-state index contributed by atoms with van der Waals surface area (Å²) in [6.45, 7) is 11.2. The molecule has 4 fully saturated rings. The quantitative estimate of drug-likeness (QED) is 0.389. The van der Waals surface area contributed by atoms with E-state index in [4.69, 9.17) is 19.5 Å². The summed E-state index contributed by atoms with van der Waals surface area (Å²) >= 11 is 0. The second-order valence-electron chi connectivity index (χ2n) is 13.9. The Bertz CT molecular complexity index is 1530. The van der Waals surface area contributed by atoms with Crippen LogP contribution in [-0.4, -0.2) is 71.7 Å². The molecule has 1 amide bonds. The normalized spacial score (nSPS) is 27.3. The minimum atomic E-state index is -0.643. The Morgan fingerprint density at radius 3 is 2.42 bits per heavy atom. The van der Waals surface area contributed by atoms with Gasteiger partial charge in [0.05, 0.1) is 0 Å². The van der Waals surface area contributed by atoms with Crippen LogP contribution in [0.15, 0.2) is 9.32 Å². The number of carbonyl (C=O) groups is 1. The zero-order valence-electron chi connectivity index (χ0n) is 25.9. The van der Waals surface area contributed by atoms with E-state index in [-0.39, 0.29) is 35.7 Å². The molecule has 3 aliphatic carbocycles. The van der Waals surface area contributed by atoms with E-state index in [1.807, 2.05) is 0 Å². The fourth-order valence-electron chi connectivity index (χ4n) is 7.27. The number of H-pyrrole nitrogens is 1. The van der Waals surface area contributed by atoms with E-state index >= 15 is 0 Å². The van der Waals surface area contributed by atoms with Crippen LogP contribution in [0.25, 0.3) is 22.8 Å². The van der Waals surface area contributed by atoms with Crippen LogP contribution in [0.3, 0.4) is 0 Å². The molecule has 0 aromatic carbocycles. The van der Waals surface area contributed by atoms with Crippen molar-refractivity contribution < 1.29 is 9.32 Å². The summed E-state index contributed by atoms with van der Waals surface area (Å²) in [5, 5.41) is 7.62. The van der Waals surface area contributed by atoms with E-state index in [1.165, 1.54) is 44.9 Å². The Labute approximate surface area is 252 Å². The zero-order valence-corrected chi connectivity index (χ0v) is 25.9. The SMILES string of the molecule is C[C@@H]1CN(C(=O)C2CC2)[C@@H](C)CN1c1nc2nc(-c3noc(=O)[nH]3)nc(N[C@H](C)C3CCC3)c2n1C[C@H]1CC[C@H](C)CC1. The predicted octanol–water partition coefficient (Wildman–Crippen LogP) is 4.43. The average Bonchev–Trinajstić information content (AvgIpc) is 3.61. The summed E-state index contributed by atoms with van der Waals surface area (Å²) in [5.74, 6) is 3.85. The van der Waals surface area contributed by atoms with Crippen molar-refractivity contribution in [2.75, 3.05) is 23.3 Å². The highest BCUT2D eigenvalue weighted by atomic mass is 16.5. The third-order valence-corrected chi connectivity index (χ3v) is 10.5. The van der Waals surface area contributed by atoms with Crippen molar-refractivity contribution >= 4 is 28.8 Å². The smallest absolute Gasteiger partial charge is 0.365 e. The number of fused-ring (bicyclic) bond motifs is 1. The number of amides is 1. The Morgan fingerprint density at radius 1 is 1.00 bits per heavy atom. The maximum atomic E-state index is 13.1. The molecule has 4 heterocycles. The van der Waals surface area contributed by atoms with Crippen molar-refractivity contribution in [3.05, 3.63) is 10.6 Å². The van der Waals surface area contributed by atoms with Crippen molar-refractivity contribution in [1.82, 2.24) is 34.6 Å². The molecule has 0 spiro atoms. The number of aromatic amines is 1. The van der Waals surface area contributed by atoms with Gasteiger partial charge in [0, 0.05) is 43.7 Å². The number of hydrogen-bond donors (Lipinski definition) is 2. The maximum absolute atomic E-state index is 13.1. The summed E-state index contributed by atoms with van der Waals surface area (Å²) in [6.07, 6.45) is 10.6. The average molecular weight is 592 g/mol. The van der Waals surface area contributed by atoms with Gasteiger partial charge in [-0.15, -0.1) is 0 Å². The van der Waals surface area contributed by atoms with Crippen LogP contribution in [0.2, 0.25) is 0 Å². The third kappa shape index (κ3) is 5.53. The van der Waals surface area contributed by atoms with Gasteiger partial charge in [0.25, 0.3) is 0 Å². The minimum absolute atomic E-state index is 0.0891. The van der Waals surface area contributed by atoms with Crippen molar-refractivity contribution in [1.29, 1.82) is 0 Å². The third-order valence-electron chi connectivity index (χ3n) is 10.5. The van der Waals surface area contributed by atoms with E-state index in [2.05, 4.69) is 57.5 Å². The van der Waals surface area contributed by atoms with Crippen LogP contribution in [-0.2, 0) is 11.3 Å². The highest BCUT2D eigenvalue weighted by molar-refractivity contribution is 5.88. The van der Waals surface area contributed by atoms with Gasteiger partial charge in [-0.25, -0.2) is 14.8 Å². The molecule has 3 aromatic rings. The molecule has 43 heavy (non-hydrogen) atoms. The molecule has 3 aromatic heterocycles. The summed E-state index contributed by atoms with van der Waals surface area (Å²) in [4.78, 5) is 46.9. The van der Waals surface area contributed by atoms with Gasteiger partial charge >= 0.3 is 5.76 Å². The van der Waals surface area contributed by atoms with Gasteiger partial charge in [0.1, 0.15) is 5.52 Å². The molecule has 1 aliphatic heterocycles. The first kappa shape index (κ1) is 28.3. The first-order valence-corrected chi connectivity index (χ1v) is 16.4. The molecular weight excluding hydrogens is 546 g/mol. The molecule has 1 saturated heterocycles. The predicted molar refractivity (Wildman–Crippen MR) is 164 cm³/mol. The number of imidazole rings is 1. The number of rotatable bonds is 8. The number of nitrogens with one attached hydrogen (secondary N) is 2. The standard InChI is InChI=1S/C31H45N9O3/c1-17-8-10-21(11-9-17)16-40-24-25(32-20(4)22-6-5-7-22)33-27(28-36-31(42)43-37-28)34-26(24)35-30(40)39-15-18(2)38(14-19(39)3)29(41)23-12-13-23/h17-23H,5-16H2,1-4H3,(H,32,33,34)(H,36,37,42)/t17-,18-,19+,20+,21-/m0/s1. The van der Waals surface area contributed by atoms with Crippen molar-refractivity contribution in [3.8, 4) is 11.6 Å².